The van der Waals surface area contributed by atoms with Gasteiger partial charge in [-0.2, -0.15) is 12.3 Å². The molecule has 7 nitrogen and oxygen atoms in total. The van der Waals surface area contributed by atoms with E-state index in [9.17, 15) is 8.42 Å². The maximum atomic E-state index is 13.7. The van der Waals surface area contributed by atoms with Gasteiger partial charge in [0.2, 0.25) is 5.03 Å². The van der Waals surface area contributed by atoms with Crippen molar-refractivity contribution in [3.8, 4) is 0 Å². The van der Waals surface area contributed by atoms with Gasteiger partial charge >= 0.3 is 10.0 Å². The van der Waals surface area contributed by atoms with E-state index in [1.807, 2.05) is 6.07 Å². The molecular formula is C18H23ClN3O4S+. The Balaban J connectivity index is 1.77. The first-order valence-corrected chi connectivity index (χ1v) is 10.8. The van der Waals surface area contributed by atoms with Crippen LogP contribution in [-0.4, -0.2) is 50.6 Å². The highest BCUT2D eigenvalue weighted by Gasteiger charge is 2.54. The number of quaternary nitrogens is 1. The lowest BCUT2D eigenvalue weighted by molar-refractivity contribution is -0.201. The van der Waals surface area contributed by atoms with Crippen molar-refractivity contribution in [2.24, 2.45) is 13.0 Å². The van der Waals surface area contributed by atoms with Crippen molar-refractivity contribution in [3.05, 3.63) is 41.8 Å². The Morgan fingerprint density at radius 3 is 2.74 bits per heavy atom. The molecule has 0 bridgehead atoms. The van der Waals surface area contributed by atoms with Gasteiger partial charge in [0.15, 0.2) is 6.29 Å². The third kappa shape index (κ3) is 3.30. The van der Waals surface area contributed by atoms with Gasteiger partial charge in [0.1, 0.15) is 12.2 Å². The van der Waals surface area contributed by atoms with Crippen LogP contribution in [0.1, 0.15) is 12.8 Å². The molecule has 27 heavy (non-hydrogen) atoms. The second-order valence-electron chi connectivity index (χ2n) is 7.14. The van der Waals surface area contributed by atoms with Gasteiger partial charge in [0, 0.05) is 36.8 Å². The molecule has 2 saturated heterocycles. The summed E-state index contributed by atoms with van der Waals surface area (Å²) in [4.78, 5) is 4.13. The fourth-order valence-corrected chi connectivity index (χ4v) is 6.11. The van der Waals surface area contributed by atoms with E-state index in [-0.39, 0.29) is 21.1 Å². The average Bonchev–Trinajstić information content (AvgIpc) is 3.30. The quantitative estimate of drug-likeness (QED) is 0.722. The fourth-order valence-electron chi connectivity index (χ4n) is 3.96. The lowest BCUT2D eigenvalue weighted by atomic mass is 10.1. The Labute approximate surface area is 164 Å². The molecule has 0 N–H and O–H groups in total. The minimum absolute atomic E-state index is 0.0113. The maximum Gasteiger partial charge on any atom is 0.351 e. The minimum atomic E-state index is -3.79. The summed E-state index contributed by atoms with van der Waals surface area (Å²) < 4.78 is 40.3. The van der Waals surface area contributed by atoms with Gasteiger partial charge in [-0.1, -0.05) is 17.7 Å². The number of hydrogen-bond donors (Lipinski definition) is 0. The van der Waals surface area contributed by atoms with Crippen LogP contribution in [0, 0.1) is 5.92 Å². The SMILES string of the molecule is Cn1cnc(S(=O)(=O)[N+]2(c3cccc(Cl)c3)CC[C@H](C3OCCCO3)C2)c1. The van der Waals surface area contributed by atoms with Crippen molar-refractivity contribution in [1.82, 2.24) is 13.4 Å². The first-order valence-electron chi connectivity index (χ1n) is 9.02. The van der Waals surface area contributed by atoms with Gasteiger partial charge < -0.3 is 14.0 Å². The molecule has 0 saturated carbocycles. The number of imidazole rings is 1. The lowest BCUT2D eigenvalue weighted by Gasteiger charge is -2.33. The largest absolute Gasteiger partial charge is 0.352 e. The molecule has 0 spiro atoms. The highest BCUT2D eigenvalue weighted by molar-refractivity contribution is 7.90. The predicted molar refractivity (Wildman–Crippen MR) is 102 cm³/mol. The summed E-state index contributed by atoms with van der Waals surface area (Å²) in [5.41, 5.74) is 0.645. The molecule has 2 atom stereocenters. The molecule has 2 aromatic rings. The van der Waals surface area contributed by atoms with Gasteiger partial charge in [0.25, 0.3) is 0 Å². The monoisotopic (exact) mass is 412 g/mol. The summed E-state index contributed by atoms with van der Waals surface area (Å²) in [6, 6.07) is 7.08. The standard InChI is InChI=1S/C18H23ClN3O4S/c1-21-11-17(20-13-21)27(23,24)22(16-5-2-4-15(19)10-16)7-6-14(12-22)18-25-8-3-9-26-18/h2,4-5,10-11,13-14,18H,3,6-9,12H2,1H3/q+1/t14-,22?/m0/s1. The molecule has 2 fully saturated rings. The van der Waals surface area contributed by atoms with Crippen LogP contribution in [0.25, 0.3) is 0 Å². The molecule has 2 aliphatic heterocycles. The first kappa shape index (κ1) is 18.9. The number of nitrogens with zero attached hydrogens (tertiary/aromatic N) is 3. The van der Waals surface area contributed by atoms with Crippen LogP contribution in [0.2, 0.25) is 5.02 Å². The molecule has 1 aromatic heterocycles. The Hall–Kier alpha value is -1.45. The zero-order valence-corrected chi connectivity index (χ0v) is 16.7. The smallest absolute Gasteiger partial charge is 0.351 e. The number of benzene rings is 1. The van der Waals surface area contributed by atoms with E-state index >= 15 is 0 Å². The van der Waals surface area contributed by atoms with Crippen molar-refractivity contribution in [2.45, 2.75) is 24.2 Å². The van der Waals surface area contributed by atoms with Crippen molar-refractivity contribution in [2.75, 3.05) is 26.3 Å². The van der Waals surface area contributed by atoms with E-state index < -0.39 is 10.0 Å². The third-order valence-electron chi connectivity index (χ3n) is 5.31. The van der Waals surface area contributed by atoms with E-state index in [4.69, 9.17) is 21.1 Å². The highest BCUT2D eigenvalue weighted by Crippen LogP contribution is 2.41. The van der Waals surface area contributed by atoms with E-state index in [1.165, 1.54) is 6.33 Å². The molecule has 1 aromatic carbocycles. The molecule has 1 unspecified atom stereocenters. The molecule has 0 amide bonds. The van der Waals surface area contributed by atoms with Crippen molar-refractivity contribution < 1.29 is 17.9 Å². The molecule has 146 valence electrons. The number of hydrogen-bond acceptors (Lipinski definition) is 5. The third-order valence-corrected chi connectivity index (χ3v) is 7.75. The van der Waals surface area contributed by atoms with Crippen molar-refractivity contribution >= 4 is 27.3 Å². The van der Waals surface area contributed by atoms with Gasteiger partial charge in [-0.25, -0.2) is 4.98 Å². The first-order chi connectivity index (χ1) is 12.9. The van der Waals surface area contributed by atoms with Gasteiger partial charge in [-0.3, -0.25) is 0 Å². The predicted octanol–water partition coefficient (Wildman–Crippen LogP) is 2.55. The van der Waals surface area contributed by atoms with Crippen molar-refractivity contribution in [1.29, 1.82) is 0 Å². The zero-order valence-electron chi connectivity index (χ0n) is 15.1. The number of rotatable bonds is 4. The summed E-state index contributed by atoms with van der Waals surface area (Å²) in [6.45, 7) is 2.08. The van der Waals surface area contributed by atoms with Gasteiger partial charge in [0.05, 0.1) is 32.0 Å². The molecule has 2 aliphatic rings. The summed E-state index contributed by atoms with van der Waals surface area (Å²) in [7, 11) is -2.03. The molecule has 0 radical (unpaired) electrons. The van der Waals surface area contributed by atoms with E-state index in [0.29, 0.717) is 43.4 Å². The van der Waals surface area contributed by atoms with Crippen LogP contribution in [0.4, 0.5) is 5.69 Å². The second-order valence-corrected chi connectivity index (χ2v) is 9.64. The minimum Gasteiger partial charge on any atom is -0.352 e. The van der Waals surface area contributed by atoms with Crippen LogP contribution in [0.5, 0.6) is 0 Å². The molecule has 9 heteroatoms. The molecular weight excluding hydrogens is 390 g/mol. The fraction of sp³-hybridized carbons (Fsp3) is 0.500. The molecule has 3 heterocycles. The summed E-state index contributed by atoms with van der Waals surface area (Å²) in [5.74, 6) is -0.0113. The normalized spacial score (nSPS) is 27.1. The topological polar surface area (TPSA) is 70.4 Å². The summed E-state index contributed by atoms with van der Waals surface area (Å²) >= 11 is 6.20. The summed E-state index contributed by atoms with van der Waals surface area (Å²) in [5, 5.41) is 0.575. The Kier molecular flexibility index (Phi) is 5.02. The summed E-state index contributed by atoms with van der Waals surface area (Å²) in [6.07, 6.45) is 4.23. The Morgan fingerprint density at radius 2 is 2.07 bits per heavy atom. The highest BCUT2D eigenvalue weighted by atomic mass is 35.5. The average molecular weight is 413 g/mol. The van der Waals surface area contributed by atoms with Crippen molar-refractivity contribution in [3.63, 3.8) is 0 Å². The molecule has 0 aliphatic carbocycles. The second kappa shape index (κ2) is 7.18. The van der Waals surface area contributed by atoms with Crippen LogP contribution < -0.4 is 3.89 Å². The number of sulfonamides is 1. The van der Waals surface area contributed by atoms with Gasteiger partial charge in [-0.05, 0) is 12.5 Å². The lowest BCUT2D eigenvalue weighted by Crippen LogP contribution is -2.53. The number of ether oxygens (including phenoxy) is 2. The van der Waals surface area contributed by atoms with Crippen LogP contribution in [-0.2, 0) is 26.5 Å². The van der Waals surface area contributed by atoms with E-state index in [1.54, 1.807) is 36.0 Å². The van der Waals surface area contributed by atoms with E-state index in [0.717, 1.165) is 6.42 Å². The zero-order chi connectivity index (χ0) is 19.1. The Bertz CT molecular complexity index is 926. The van der Waals surface area contributed by atoms with Crippen LogP contribution in [0.15, 0.2) is 41.8 Å². The maximum absolute atomic E-state index is 13.7. The Morgan fingerprint density at radius 1 is 1.30 bits per heavy atom. The molecule has 4 rings (SSSR count). The number of aryl methyl sites for hydroxylation is 1. The van der Waals surface area contributed by atoms with Gasteiger partial charge in [-0.15, -0.1) is 0 Å². The van der Waals surface area contributed by atoms with Crippen LogP contribution >= 0.6 is 11.6 Å². The number of aromatic nitrogens is 2. The van der Waals surface area contributed by atoms with Crippen LogP contribution in [0.3, 0.4) is 0 Å². The van der Waals surface area contributed by atoms with E-state index in [2.05, 4.69) is 4.98 Å². The number of halogens is 1.